The van der Waals surface area contributed by atoms with Crippen molar-refractivity contribution in [3.05, 3.63) is 71.3 Å². The number of aromatic amines is 1. The molecule has 2 aliphatic rings. The Morgan fingerprint density at radius 2 is 1.91 bits per heavy atom. The van der Waals surface area contributed by atoms with Crippen molar-refractivity contribution in [2.45, 2.75) is 31.6 Å². The van der Waals surface area contributed by atoms with Crippen LogP contribution in [0.2, 0.25) is 0 Å². The summed E-state index contributed by atoms with van der Waals surface area (Å²) in [6.07, 6.45) is 8.00. The van der Waals surface area contributed by atoms with E-state index in [9.17, 15) is 0 Å². The summed E-state index contributed by atoms with van der Waals surface area (Å²) >= 11 is 0. The molecule has 0 amide bonds. The topological polar surface area (TPSA) is 15.8 Å². The first kappa shape index (κ1) is 12.3. The molecule has 22 heavy (non-hydrogen) atoms. The number of hydrogen-bond donors (Lipinski definition) is 1. The van der Waals surface area contributed by atoms with Gasteiger partial charge in [0.2, 0.25) is 0 Å². The zero-order chi connectivity index (χ0) is 14.9. The number of aromatic nitrogens is 1. The number of H-pyrrole nitrogens is 1. The van der Waals surface area contributed by atoms with E-state index in [-0.39, 0.29) is 5.41 Å². The molecular weight excluding hydrogens is 266 g/mol. The molecule has 0 saturated heterocycles. The van der Waals surface area contributed by atoms with E-state index in [1.165, 1.54) is 32.9 Å². The average molecular weight is 285 g/mol. The lowest BCUT2D eigenvalue weighted by atomic mass is 9.79. The molecule has 5 rings (SSSR count). The fraction of sp³-hybridized carbons (Fsp3) is 0.238. The number of allylic oxidation sites excluding steroid dienone is 4. The molecular formula is C21H19N. The smallest absolute Gasteiger partial charge is 0.0468 e. The van der Waals surface area contributed by atoms with Crippen molar-refractivity contribution in [3.8, 4) is 0 Å². The van der Waals surface area contributed by atoms with Crippen LogP contribution in [0.4, 0.5) is 0 Å². The summed E-state index contributed by atoms with van der Waals surface area (Å²) in [6.45, 7) is 4.73. The first-order chi connectivity index (χ1) is 10.7. The van der Waals surface area contributed by atoms with E-state index in [2.05, 4.69) is 73.5 Å². The highest BCUT2D eigenvalue weighted by molar-refractivity contribution is 6.08. The highest BCUT2D eigenvalue weighted by atomic mass is 14.7. The van der Waals surface area contributed by atoms with Crippen molar-refractivity contribution in [3.63, 3.8) is 0 Å². The van der Waals surface area contributed by atoms with Crippen LogP contribution < -0.4 is 0 Å². The quantitative estimate of drug-likeness (QED) is 0.555. The van der Waals surface area contributed by atoms with E-state index in [1.807, 2.05) is 0 Å². The van der Waals surface area contributed by atoms with Gasteiger partial charge in [-0.25, -0.2) is 0 Å². The Morgan fingerprint density at radius 3 is 2.82 bits per heavy atom. The minimum absolute atomic E-state index is 0.135. The zero-order valence-electron chi connectivity index (χ0n) is 13.0. The van der Waals surface area contributed by atoms with Gasteiger partial charge >= 0.3 is 0 Å². The lowest BCUT2D eigenvalue weighted by molar-refractivity contribution is 0.613. The fourth-order valence-electron chi connectivity index (χ4n) is 4.47. The van der Waals surface area contributed by atoms with Crippen LogP contribution in [0.3, 0.4) is 0 Å². The second kappa shape index (κ2) is 3.92. The molecule has 2 aromatic carbocycles. The van der Waals surface area contributed by atoms with Crippen LogP contribution in [0.15, 0.2) is 60.2 Å². The van der Waals surface area contributed by atoms with Gasteiger partial charge < -0.3 is 4.98 Å². The van der Waals surface area contributed by atoms with Crippen molar-refractivity contribution in [2.24, 2.45) is 0 Å². The van der Waals surface area contributed by atoms with Gasteiger partial charge in [-0.05, 0) is 35.7 Å². The molecule has 1 heterocycles. The minimum atomic E-state index is 0.135. The monoisotopic (exact) mass is 285 g/mol. The molecule has 3 aromatic rings. The van der Waals surface area contributed by atoms with E-state index >= 15 is 0 Å². The molecule has 1 nitrogen and oxygen atoms in total. The second-order valence-corrected chi connectivity index (χ2v) is 7.12. The van der Waals surface area contributed by atoms with Gasteiger partial charge in [-0.15, -0.1) is 0 Å². The summed E-state index contributed by atoms with van der Waals surface area (Å²) in [5.74, 6) is 0.563. The molecule has 1 N–H and O–H groups in total. The van der Waals surface area contributed by atoms with Crippen LogP contribution in [-0.4, -0.2) is 4.98 Å². The molecule has 0 aliphatic heterocycles. The van der Waals surface area contributed by atoms with Gasteiger partial charge in [-0.3, -0.25) is 0 Å². The summed E-state index contributed by atoms with van der Waals surface area (Å²) < 4.78 is 0. The Balaban J connectivity index is 1.88. The van der Waals surface area contributed by atoms with Crippen molar-refractivity contribution in [2.75, 3.05) is 0 Å². The van der Waals surface area contributed by atoms with Gasteiger partial charge in [0, 0.05) is 33.1 Å². The maximum absolute atomic E-state index is 3.59. The van der Waals surface area contributed by atoms with Gasteiger partial charge in [0.05, 0.1) is 0 Å². The fourth-order valence-corrected chi connectivity index (χ4v) is 4.47. The van der Waals surface area contributed by atoms with Gasteiger partial charge in [-0.2, -0.15) is 0 Å². The van der Waals surface area contributed by atoms with E-state index in [0.29, 0.717) is 5.92 Å². The van der Waals surface area contributed by atoms with Crippen molar-refractivity contribution in [1.29, 1.82) is 0 Å². The molecule has 0 radical (unpaired) electrons. The second-order valence-electron chi connectivity index (χ2n) is 7.12. The molecule has 1 aromatic heterocycles. The lowest BCUT2D eigenvalue weighted by Gasteiger charge is -2.25. The van der Waals surface area contributed by atoms with Gasteiger partial charge in [-0.1, -0.05) is 55.8 Å². The highest BCUT2D eigenvalue weighted by Gasteiger charge is 2.41. The molecule has 108 valence electrons. The van der Waals surface area contributed by atoms with Crippen LogP contribution in [0.25, 0.3) is 21.8 Å². The Hall–Kier alpha value is -2.28. The summed E-state index contributed by atoms with van der Waals surface area (Å²) in [5.41, 5.74) is 7.22. The van der Waals surface area contributed by atoms with Crippen molar-refractivity contribution in [1.82, 2.24) is 4.98 Å². The molecule has 1 unspecified atom stereocenters. The zero-order valence-corrected chi connectivity index (χ0v) is 13.0. The molecule has 2 aliphatic carbocycles. The Kier molecular flexibility index (Phi) is 2.19. The Morgan fingerprint density at radius 1 is 1.05 bits per heavy atom. The maximum Gasteiger partial charge on any atom is 0.0468 e. The largest absolute Gasteiger partial charge is 0.355 e. The third kappa shape index (κ3) is 1.39. The van der Waals surface area contributed by atoms with Crippen LogP contribution in [0, 0.1) is 0 Å². The summed E-state index contributed by atoms with van der Waals surface area (Å²) in [6, 6.07) is 13.4. The number of hydrogen-bond acceptors (Lipinski definition) is 0. The first-order valence-corrected chi connectivity index (χ1v) is 8.08. The molecule has 0 saturated carbocycles. The third-order valence-corrected chi connectivity index (χ3v) is 5.61. The standard InChI is InChI=1S/C21H19N/c1-21(2)17-9-5-3-7-13(17)15-11-16-14-8-4-6-10-19(14)22-20(16)12-18(15)21/h3-6,8-13,22H,7H2,1-2H3. The first-order valence-electron chi connectivity index (χ1n) is 8.08. The Labute approximate surface area is 130 Å². The SMILES string of the molecule is CC1(C)C2=CC=CCC2c2cc3c(cc21)[nH]c1ccccc13. The molecule has 1 heteroatoms. The molecule has 0 spiro atoms. The minimum Gasteiger partial charge on any atom is -0.355 e. The van der Waals surface area contributed by atoms with Gasteiger partial charge in [0.1, 0.15) is 0 Å². The Bertz CT molecular complexity index is 982. The van der Waals surface area contributed by atoms with E-state index in [0.717, 1.165) is 6.42 Å². The van der Waals surface area contributed by atoms with E-state index < -0.39 is 0 Å². The number of para-hydroxylation sites is 1. The molecule has 1 atom stereocenters. The maximum atomic E-state index is 3.59. The summed E-state index contributed by atoms with van der Waals surface area (Å²) in [4.78, 5) is 3.59. The number of fused-ring (bicyclic) bond motifs is 6. The predicted octanol–water partition coefficient (Wildman–Crippen LogP) is 5.58. The van der Waals surface area contributed by atoms with Crippen molar-refractivity contribution >= 4 is 21.8 Å². The van der Waals surface area contributed by atoms with Crippen LogP contribution in [-0.2, 0) is 5.41 Å². The predicted molar refractivity (Wildman–Crippen MR) is 93.4 cm³/mol. The van der Waals surface area contributed by atoms with Gasteiger partial charge in [0.25, 0.3) is 0 Å². The average Bonchev–Trinajstić information content (AvgIpc) is 3.00. The lowest BCUT2D eigenvalue weighted by Crippen LogP contribution is -2.17. The van der Waals surface area contributed by atoms with Gasteiger partial charge in [0.15, 0.2) is 0 Å². The van der Waals surface area contributed by atoms with Crippen LogP contribution in [0.1, 0.15) is 37.3 Å². The van der Waals surface area contributed by atoms with Crippen LogP contribution >= 0.6 is 0 Å². The van der Waals surface area contributed by atoms with E-state index in [1.54, 1.807) is 5.57 Å². The summed E-state index contributed by atoms with van der Waals surface area (Å²) in [5, 5.41) is 2.70. The number of nitrogens with one attached hydrogen (secondary N) is 1. The number of rotatable bonds is 0. The van der Waals surface area contributed by atoms with Crippen molar-refractivity contribution < 1.29 is 0 Å². The molecule has 0 fully saturated rings. The van der Waals surface area contributed by atoms with E-state index in [4.69, 9.17) is 0 Å². The van der Waals surface area contributed by atoms with Crippen LogP contribution in [0.5, 0.6) is 0 Å². The number of benzene rings is 2. The normalized spacial score (nSPS) is 21.9. The third-order valence-electron chi connectivity index (χ3n) is 5.61. The highest BCUT2D eigenvalue weighted by Crippen LogP contribution is 2.53. The summed E-state index contributed by atoms with van der Waals surface area (Å²) in [7, 11) is 0. The molecule has 0 bridgehead atoms.